The topological polar surface area (TPSA) is 104 Å². The highest BCUT2D eigenvalue weighted by Crippen LogP contribution is 2.32. The number of amides is 1. The zero-order valence-corrected chi connectivity index (χ0v) is 17.7. The van der Waals surface area contributed by atoms with Crippen molar-refractivity contribution in [3.8, 4) is 0 Å². The molecule has 2 aliphatic rings. The van der Waals surface area contributed by atoms with Crippen molar-refractivity contribution in [1.82, 2.24) is 9.21 Å². The summed E-state index contributed by atoms with van der Waals surface area (Å²) < 4.78 is 24.9. The molecule has 0 N–H and O–H groups in total. The quantitative estimate of drug-likeness (QED) is 0.540. The molecule has 2 heterocycles. The first-order valence-corrected chi connectivity index (χ1v) is 11.8. The number of anilines is 1. The average molecular weight is 425 g/mol. The Morgan fingerprint density at radius 3 is 2.55 bits per heavy atom. The van der Waals surface area contributed by atoms with Gasteiger partial charge in [-0.05, 0) is 37.3 Å². The van der Waals surface area contributed by atoms with Gasteiger partial charge >= 0.3 is 0 Å². The lowest BCUT2D eigenvalue weighted by Crippen LogP contribution is -2.37. The van der Waals surface area contributed by atoms with E-state index in [0.29, 0.717) is 31.1 Å². The molecule has 160 valence electrons. The van der Waals surface area contributed by atoms with Crippen molar-refractivity contribution in [2.75, 3.05) is 50.4 Å². The van der Waals surface area contributed by atoms with Crippen LogP contribution < -0.4 is 4.90 Å². The monoisotopic (exact) mass is 424 g/mol. The Morgan fingerprint density at radius 2 is 1.90 bits per heavy atom. The molecule has 1 unspecified atom stereocenters. The molecule has 3 rings (SSSR count). The summed E-state index contributed by atoms with van der Waals surface area (Å²) in [6.45, 7) is 4.96. The van der Waals surface area contributed by atoms with Crippen molar-refractivity contribution in [1.29, 1.82) is 0 Å². The van der Waals surface area contributed by atoms with E-state index in [4.69, 9.17) is 0 Å². The van der Waals surface area contributed by atoms with Crippen LogP contribution in [0.15, 0.2) is 18.2 Å². The third kappa shape index (κ3) is 5.05. The molecule has 1 aromatic rings. The zero-order valence-electron chi connectivity index (χ0n) is 16.9. The number of piperidine rings is 1. The second-order valence-electron chi connectivity index (χ2n) is 7.96. The number of benzene rings is 1. The minimum absolute atomic E-state index is 0.0578. The van der Waals surface area contributed by atoms with E-state index in [9.17, 15) is 23.3 Å². The van der Waals surface area contributed by atoms with Gasteiger partial charge in [-0.2, -0.15) is 0 Å². The van der Waals surface area contributed by atoms with Crippen molar-refractivity contribution in [2.45, 2.75) is 26.2 Å². The van der Waals surface area contributed by atoms with Crippen molar-refractivity contribution < 1.29 is 18.1 Å². The van der Waals surface area contributed by atoms with E-state index in [2.05, 4.69) is 6.92 Å². The molecule has 1 amide bonds. The lowest BCUT2D eigenvalue weighted by Gasteiger charge is -2.32. The summed E-state index contributed by atoms with van der Waals surface area (Å²) in [5, 5.41) is 11.7. The van der Waals surface area contributed by atoms with E-state index < -0.39 is 14.9 Å². The van der Waals surface area contributed by atoms with Crippen molar-refractivity contribution in [2.24, 2.45) is 5.92 Å². The van der Waals surface area contributed by atoms with Crippen LogP contribution in [0.5, 0.6) is 0 Å². The highest BCUT2D eigenvalue weighted by Gasteiger charge is 2.28. The summed E-state index contributed by atoms with van der Waals surface area (Å²) in [5.74, 6) is 0.168. The molecule has 2 fully saturated rings. The van der Waals surface area contributed by atoms with Crippen LogP contribution in [0.25, 0.3) is 0 Å². The number of sulfonamides is 1. The van der Waals surface area contributed by atoms with Gasteiger partial charge in [0.25, 0.3) is 11.6 Å². The Labute approximate surface area is 171 Å². The SMILES string of the molecule is CC1CCCN(c2ccc(C(=O)N3CCCN(S(C)(=O)=O)CC3)cc2[N+](=O)[O-])C1. The number of rotatable bonds is 4. The van der Waals surface area contributed by atoms with Crippen LogP contribution in [0, 0.1) is 16.0 Å². The first kappa shape index (κ1) is 21.5. The number of nitrogens with zero attached hydrogens (tertiary/aromatic N) is 4. The lowest BCUT2D eigenvalue weighted by molar-refractivity contribution is -0.384. The smallest absolute Gasteiger partial charge is 0.293 e. The lowest BCUT2D eigenvalue weighted by atomic mass is 9.99. The maximum atomic E-state index is 12.9. The molecule has 2 aliphatic heterocycles. The van der Waals surface area contributed by atoms with Crippen LogP contribution >= 0.6 is 0 Å². The molecule has 0 radical (unpaired) electrons. The third-order valence-corrected chi connectivity index (χ3v) is 6.93. The van der Waals surface area contributed by atoms with Crippen LogP contribution in [0.1, 0.15) is 36.5 Å². The van der Waals surface area contributed by atoms with Crippen molar-refractivity contribution in [3.63, 3.8) is 0 Å². The van der Waals surface area contributed by atoms with Gasteiger partial charge in [0.1, 0.15) is 5.69 Å². The maximum Gasteiger partial charge on any atom is 0.293 e. The van der Waals surface area contributed by atoms with E-state index in [-0.39, 0.29) is 30.2 Å². The fourth-order valence-electron chi connectivity index (χ4n) is 4.09. The first-order chi connectivity index (χ1) is 13.7. The number of nitro groups is 1. The first-order valence-electron chi connectivity index (χ1n) is 9.94. The second-order valence-corrected chi connectivity index (χ2v) is 9.94. The number of carbonyl (C=O) groups is 1. The van der Waals surface area contributed by atoms with Crippen LogP contribution in [-0.4, -0.2) is 74.0 Å². The van der Waals surface area contributed by atoms with Crippen molar-refractivity contribution >= 4 is 27.3 Å². The minimum atomic E-state index is -3.30. The standard InChI is InChI=1S/C19H28N4O5S/c1-15-5-3-8-21(14-15)17-7-6-16(13-18(17)23(25)26)19(24)20-9-4-10-22(12-11-20)29(2,27)28/h6-7,13,15H,3-5,8-12,14H2,1-2H3. The van der Waals surface area contributed by atoms with Gasteiger partial charge in [-0.25, -0.2) is 12.7 Å². The van der Waals surface area contributed by atoms with Gasteiger partial charge in [0.05, 0.1) is 11.2 Å². The number of hydrogen-bond acceptors (Lipinski definition) is 6. The van der Waals surface area contributed by atoms with Gasteiger partial charge in [-0.1, -0.05) is 6.92 Å². The molecule has 10 heteroatoms. The Bertz CT molecular complexity index is 889. The molecular weight excluding hydrogens is 396 g/mol. The van der Waals surface area contributed by atoms with Crippen molar-refractivity contribution in [3.05, 3.63) is 33.9 Å². The van der Waals surface area contributed by atoms with Gasteiger partial charge in [0, 0.05) is 50.9 Å². The molecule has 0 spiro atoms. The van der Waals surface area contributed by atoms with Gasteiger partial charge in [0.2, 0.25) is 10.0 Å². The second kappa shape index (κ2) is 8.66. The molecular formula is C19H28N4O5S. The van der Waals surface area contributed by atoms with E-state index in [0.717, 1.165) is 32.2 Å². The maximum absolute atomic E-state index is 12.9. The molecule has 1 atom stereocenters. The summed E-state index contributed by atoms with van der Waals surface area (Å²) in [5.41, 5.74) is 0.757. The van der Waals surface area contributed by atoms with Gasteiger partial charge in [-0.3, -0.25) is 14.9 Å². The Hall–Kier alpha value is -2.20. The predicted molar refractivity (Wildman–Crippen MR) is 111 cm³/mol. The summed E-state index contributed by atoms with van der Waals surface area (Å²) in [7, 11) is -3.30. The summed E-state index contributed by atoms with van der Waals surface area (Å²) in [6, 6.07) is 4.67. The van der Waals surface area contributed by atoms with E-state index in [1.165, 1.54) is 10.4 Å². The van der Waals surface area contributed by atoms with Gasteiger partial charge in [0.15, 0.2) is 0 Å². The largest absolute Gasteiger partial charge is 0.366 e. The fourth-order valence-corrected chi connectivity index (χ4v) is 4.96. The zero-order chi connectivity index (χ0) is 21.2. The molecule has 0 saturated carbocycles. The molecule has 0 aliphatic carbocycles. The highest BCUT2D eigenvalue weighted by atomic mass is 32.2. The third-order valence-electron chi connectivity index (χ3n) is 5.63. The summed E-state index contributed by atoms with van der Waals surface area (Å²) >= 11 is 0. The van der Waals surface area contributed by atoms with Crippen LogP contribution in [-0.2, 0) is 10.0 Å². The normalized spacial score (nSPS) is 21.7. The van der Waals surface area contributed by atoms with Crippen LogP contribution in [0.2, 0.25) is 0 Å². The number of carbonyl (C=O) groups excluding carboxylic acids is 1. The van der Waals surface area contributed by atoms with E-state index >= 15 is 0 Å². The van der Waals surface area contributed by atoms with E-state index in [1.807, 2.05) is 4.90 Å². The molecule has 0 aromatic heterocycles. The Kier molecular flexibility index (Phi) is 6.42. The molecule has 1 aromatic carbocycles. The highest BCUT2D eigenvalue weighted by molar-refractivity contribution is 7.88. The number of hydrogen-bond donors (Lipinski definition) is 0. The van der Waals surface area contributed by atoms with Crippen LogP contribution in [0.4, 0.5) is 11.4 Å². The molecule has 2 saturated heterocycles. The predicted octanol–water partition coefficient (Wildman–Crippen LogP) is 1.94. The van der Waals surface area contributed by atoms with Crippen LogP contribution in [0.3, 0.4) is 0 Å². The van der Waals surface area contributed by atoms with E-state index in [1.54, 1.807) is 17.0 Å². The minimum Gasteiger partial charge on any atom is -0.366 e. The average Bonchev–Trinajstić information content (AvgIpc) is 2.93. The number of nitro benzene ring substituents is 1. The Morgan fingerprint density at radius 1 is 1.14 bits per heavy atom. The Balaban J connectivity index is 1.80. The van der Waals surface area contributed by atoms with Gasteiger partial charge < -0.3 is 9.80 Å². The molecule has 0 bridgehead atoms. The fraction of sp³-hybridized carbons (Fsp3) is 0.632. The molecule has 9 nitrogen and oxygen atoms in total. The van der Waals surface area contributed by atoms with Gasteiger partial charge in [-0.15, -0.1) is 0 Å². The summed E-state index contributed by atoms with van der Waals surface area (Å²) in [6.07, 6.45) is 3.79. The molecule has 29 heavy (non-hydrogen) atoms. The summed E-state index contributed by atoms with van der Waals surface area (Å²) in [4.78, 5) is 27.8.